The number of nitrogens with one attached hydrogen (secondary N) is 1. The molecule has 2 heterocycles. The molecule has 0 aliphatic carbocycles. The van der Waals surface area contributed by atoms with Gasteiger partial charge in [-0.05, 0) is 26.0 Å². The quantitative estimate of drug-likeness (QED) is 0.891. The summed E-state index contributed by atoms with van der Waals surface area (Å²) in [4.78, 5) is 14.2. The molecule has 17 heavy (non-hydrogen) atoms. The number of amides is 1. The normalized spacial score (nSPS) is 19.6. The van der Waals surface area contributed by atoms with E-state index in [4.69, 9.17) is 11.6 Å². The third-order valence-corrected chi connectivity index (χ3v) is 3.53. The molecule has 0 radical (unpaired) electrons. The van der Waals surface area contributed by atoms with Crippen LogP contribution in [0.3, 0.4) is 0 Å². The molecule has 5 heteroatoms. The molecule has 1 aromatic rings. The van der Waals surface area contributed by atoms with Crippen LogP contribution in [-0.4, -0.2) is 41.6 Å². The topological polar surface area (TPSA) is 37.3 Å². The van der Waals surface area contributed by atoms with Crippen molar-refractivity contribution in [3.05, 3.63) is 23.0 Å². The highest BCUT2D eigenvalue weighted by Gasteiger charge is 2.25. The lowest BCUT2D eigenvalue weighted by atomic mass is 10.2. The number of rotatable bonds is 3. The Morgan fingerprint density at radius 3 is 3.06 bits per heavy atom. The van der Waals surface area contributed by atoms with Crippen molar-refractivity contribution >= 4 is 17.5 Å². The highest BCUT2D eigenvalue weighted by Crippen LogP contribution is 2.17. The zero-order chi connectivity index (χ0) is 12.4. The number of halogens is 1. The van der Waals surface area contributed by atoms with Crippen LogP contribution in [0, 0.1) is 0 Å². The average Bonchev–Trinajstić information content (AvgIpc) is 2.95. The number of carbonyl (C=O) groups is 1. The van der Waals surface area contributed by atoms with Crippen LogP contribution in [0.15, 0.2) is 12.3 Å². The van der Waals surface area contributed by atoms with E-state index in [1.807, 2.05) is 23.4 Å². The summed E-state index contributed by atoms with van der Waals surface area (Å²) in [5.41, 5.74) is 0.673. The summed E-state index contributed by atoms with van der Waals surface area (Å²) < 4.78 is 1.89. The smallest absolute Gasteiger partial charge is 0.270 e. The molecule has 1 saturated heterocycles. The molecule has 0 saturated carbocycles. The zero-order valence-electron chi connectivity index (χ0n) is 10.2. The zero-order valence-corrected chi connectivity index (χ0v) is 11.0. The molecule has 1 aliphatic heterocycles. The summed E-state index contributed by atoms with van der Waals surface area (Å²) in [6, 6.07) is 2.04. The van der Waals surface area contributed by atoms with Crippen molar-refractivity contribution in [2.24, 2.45) is 0 Å². The van der Waals surface area contributed by atoms with Crippen molar-refractivity contribution in [3.63, 3.8) is 0 Å². The number of aromatic nitrogens is 1. The van der Waals surface area contributed by atoms with Crippen molar-refractivity contribution < 1.29 is 4.79 Å². The van der Waals surface area contributed by atoms with Gasteiger partial charge in [-0.25, -0.2) is 0 Å². The molecule has 1 atom stereocenters. The summed E-state index contributed by atoms with van der Waals surface area (Å²) in [6.45, 7) is 4.62. The molecular weight excluding hydrogens is 238 g/mol. The van der Waals surface area contributed by atoms with Gasteiger partial charge in [0.05, 0.1) is 5.02 Å². The Hall–Kier alpha value is -1.00. The van der Waals surface area contributed by atoms with Crippen molar-refractivity contribution in [2.45, 2.75) is 25.9 Å². The van der Waals surface area contributed by atoms with Crippen LogP contribution in [0.1, 0.15) is 23.8 Å². The Labute approximate surface area is 107 Å². The second-order valence-corrected chi connectivity index (χ2v) is 4.83. The predicted molar refractivity (Wildman–Crippen MR) is 68.5 cm³/mol. The maximum absolute atomic E-state index is 12.3. The molecule has 1 fully saturated rings. The molecule has 0 spiro atoms. The number of aryl methyl sites for hydroxylation is 1. The van der Waals surface area contributed by atoms with Gasteiger partial charge >= 0.3 is 0 Å². The number of likely N-dealkylation sites (N-methyl/N-ethyl adjacent to an activating group) is 1. The minimum Gasteiger partial charge on any atom is -0.342 e. The van der Waals surface area contributed by atoms with E-state index in [1.54, 1.807) is 12.3 Å². The highest BCUT2D eigenvalue weighted by atomic mass is 35.5. The number of hydrogen-bond acceptors (Lipinski definition) is 2. The van der Waals surface area contributed by atoms with E-state index >= 15 is 0 Å². The Bertz CT molecular complexity index is 410. The van der Waals surface area contributed by atoms with E-state index in [0.29, 0.717) is 16.8 Å². The molecule has 2 rings (SSSR count). The molecule has 1 aliphatic rings. The number of hydrogen-bond donors (Lipinski definition) is 1. The fraction of sp³-hybridized carbons (Fsp3) is 0.583. The van der Waals surface area contributed by atoms with E-state index < -0.39 is 0 Å². The van der Waals surface area contributed by atoms with E-state index in [1.165, 1.54) is 0 Å². The van der Waals surface area contributed by atoms with Crippen LogP contribution in [0.2, 0.25) is 5.02 Å². The largest absolute Gasteiger partial charge is 0.342 e. The monoisotopic (exact) mass is 255 g/mol. The predicted octanol–water partition coefficient (Wildman–Crippen LogP) is 1.60. The maximum atomic E-state index is 12.3. The second-order valence-electron chi connectivity index (χ2n) is 4.39. The molecule has 1 aromatic heterocycles. The van der Waals surface area contributed by atoms with Gasteiger partial charge in [-0.3, -0.25) is 4.79 Å². The van der Waals surface area contributed by atoms with Gasteiger partial charge in [0.25, 0.3) is 5.91 Å². The highest BCUT2D eigenvalue weighted by molar-refractivity contribution is 6.31. The summed E-state index contributed by atoms with van der Waals surface area (Å²) in [5, 5.41) is 3.89. The van der Waals surface area contributed by atoms with Crippen molar-refractivity contribution in [1.29, 1.82) is 0 Å². The first-order valence-electron chi connectivity index (χ1n) is 5.97. The first-order chi connectivity index (χ1) is 8.13. The SMILES string of the molecule is CCn1cc(Cl)cc1C(=O)N(C)C1CCNC1. The summed E-state index contributed by atoms with van der Waals surface area (Å²) in [7, 11) is 1.86. The van der Waals surface area contributed by atoms with E-state index in [0.717, 1.165) is 26.1 Å². The van der Waals surface area contributed by atoms with Gasteiger partial charge in [0.1, 0.15) is 5.69 Å². The standard InChI is InChI=1S/C12H18ClN3O/c1-3-16-8-9(13)6-11(16)12(17)15(2)10-4-5-14-7-10/h6,8,10,14H,3-5,7H2,1-2H3. The fourth-order valence-electron chi connectivity index (χ4n) is 2.23. The Kier molecular flexibility index (Phi) is 3.74. The van der Waals surface area contributed by atoms with E-state index in [2.05, 4.69) is 5.32 Å². The van der Waals surface area contributed by atoms with Gasteiger partial charge < -0.3 is 14.8 Å². The van der Waals surface area contributed by atoms with Crippen LogP contribution in [0.25, 0.3) is 0 Å². The fourth-order valence-corrected chi connectivity index (χ4v) is 2.45. The molecule has 0 bridgehead atoms. The van der Waals surface area contributed by atoms with Gasteiger partial charge in [0.15, 0.2) is 0 Å². The molecule has 0 aromatic carbocycles. The molecule has 1 amide bonds. The van der Waals surface area contributed by atoms with E-state index in [9.17, 15) is 4.79 Å². The minimum atomic E-state index is 0.0486. The summed E-state index contributed by atoms with van der Waals surface area (Å²) in [5.74, 6) is 0.0486. The Morgan fingerprint density at radius 1 is 1.71 bits per heavy atom. The van der Waals surface area contributed by atoms with Crippen molar-refractivity contribution in [1.82, 2.24) is 14.8 Å². The lowest BCUT2D eigenvalue weighted by molar-refractivity contribution is 0.0733. The van der Waals surface area contributed by atoms with Gasteiger partial charge in [0.2, 0.25) is 0 Å². The number of carbonyl (C=O) groups excluding carboxylic acids is 1. The molecular formula is C12H18ClN3O. The van der Waals surface area contributed by atoms with Gasteiger partial charge in [0, 0.05) is 32.4 Å². The molecule has 94 valence electrons. The third-order valence-electron chi connectivity index (χ3n) is 3.33. The summed E-state index contributed by atoms with van der Waals surface area (Å²) >= 11 is 5.95. The second kappa shape index (κ2) is 5.10. The van der Waals surface area contributed by atoms with Gasteiger partial charge in [-0.15, -0.1) is 0 Å². The molecule has 1 unspecified atom stereocenters. The van der Waals surface area contributed by atoms with Crippen LogP contribution in [0.5, 0.6) is 0 Å². The minimum absolute atomic E-state index is 0.0486. The summed E-state index contributed by atoms with van der Waals surface area (Å²) in [6.07, 6.45) is 2.82. The molecule has 1 N–H and O–H groups in total. The van der Waals surface area contributed by atoms with Crippen LogP contribution < -0.4 is 5.32 Å². The van der Waals surface area contributed by atoms with Gasteiger partial charge in [-0.2, -0.15) is 0 Å². The first-order valence-corrected chi connectivity index (χ1v) is 6.34. The van der Waals surface area contributed by atoms with Gasteiger partial charge in [-0.1, -0.05) is 11.6 Å². The molecule has 4 nitrogen and oxygen atoms in total. The van der Waals surface area contributed by atoms with Crippen LogP contribution in [-0.2, 0) is 6.54 Å². The van der Waals surface area contributed by atoms with Crippen molar-refractivity contribution in [2.75, 3.05) is 20.1 Å². The number of nitrogens with zero attached hydrogens (tertiary/aromatic N) is 2. The van der Waals surface area contributed by atoms with E-state index in [-0.39, 0.29) is 5.91 Å². The Balaban J connectivity index is 2.17. The Morgan fingerprint density at radius 2 is 2.47 bits per heavy atom. The maximum Gasteiger partial charge on any atom is 0.270 e. The van der Waals surface area contributed by atoms with Crippen LogP contribution >= 0.6 is 11.6 Å². The third kappa shape index (κ3) is 2.48. The van der Waals surface area contributed by atoms with Crippen LogP contribution in [0.4, 0.5) is 0 Å². The lowest BCUT2D eigenvalue weighted by Gasteiger charge is -2.24. The van der Waals surface area contributed by atoms with Crippen molar-refractivity contribution in [3.8, 4) is 0 Å². The lowest BCUT2D eigenvalue weighted by Crippen LogP contribution is -2.39. The average molecular weight is 256 g/mol. The first kappa shape index (κ1) is 12.5.